The molecule has 0 aliphatic carbocycles. The van der Waals surface area contributed by atoms with Crippen molar-refractivity contribution in [2.24, 2.45) is 0 Å². The third-order valence-electron chi connectivity index (χ3n) is 2.61. The molecule has 0 unspecified atom stereocenters. The van der Waals surface area contributed by atoms with Crippen molar-refractivity contribution in [1.82, 2.24) is 0 Å². The van der Waals surface area contributed by atoms with Crippen LogP contribution in [0.25, 0.3) is 0 Å². The number of nitrogens with zero attached hydrogens (tertiary/aromatic N) is 1. The molecule has 0 radical (unpaired) electrons. The molecule has 0 N–H and O–H groups in total. The second-order valence-electron chi connectivity index (χ2n) is 3.87. The highest BCUT2D eigenvalue weighted by Gasteiger charge is 2.06. The number of aldehydes is 1. The maximum atomic E-state index is 13.6. The predicted molar refractivity (Wildman–Crippen MR) is 67.3 cm³/mol. The average Bonchev–Trinajstić information content (AvgIpc) is 2.46. The van der Waals surface area contributed by atoms with Crippen LogP contribution in [0.5, 0.6) is 5.75 Å². The minimum absolute atomic E-state index is 0.0540. The number of carbonyl (C=O) groups is 1. The van der Waals surface area contributed by atoms with Gasteiger partial charge in [0, 0.05) is 11.1 Å². The van der Waals surface area contributed by atoms with Gasteiger partial charge in [0.05, 0.1) is 11.6 Å². The van der Waals surface area contributed by atoms with Crippen LogP contribution in [0.3, 0.4) is 0 Å². The van der Waals surface area contributed by atoms with Gasteiger partial charge < -0.3 is 4.74 Å². The summed E-state index contributed by atoms with van der Waals surface area (Å²) in [6.45, 7) is 0.0983. The van der Waals surface area contributed by atoms with E-state index in [4.69, 9.17) is 10.00 Å². The van der Waals surface area contributed by atoms with Gasteiger partial charge in [0.25, 0.3) is 0 Å². The van der Waals surface area contributed by atoms with Gasteiger partial charge in [-0.1, -0.05) is 18.2 Å². The fourth-order valence-electron chi connectivity index (χ4n) is 1.62. The molecule has 0 aliphatic rings. The molecule has 3 nitrogen and oxygen atoms in total. The minimum atomic E-state index is -0.598. The van der Waals surface area contributed by atoms with Crippen LogP contribution in [0, 0.1) is 17.1 Å². The van der Waals surface area contributed by atoms with Gasteiger partial charge in [-0.2, -0.15) is 5.26 Å². The van der Waals surface area contributed by atoms with E-state index in [9.17, 15) is 9.18 Å². The Hall–Kier alpha value is -2.67. The number of ether oxygens (including phenoxy) is 1. The molecule has 2 rings (SSSR count). The van der Waals surface area contributed by atoms with Crippen molar-refractivity contribution in [2.45, 2.75) is 6.61 Å². The molecule has 4 heteroatoms. The Labute approximate surface area is 109 Å². The SMILES string of the molecule is N#Cc1ccccc1COc1ccc(C=O)cc1F. The first-order chi connectivity index (χ1) is 9.24. The lowest BCUT2D eigenvalue weighted by molar-refractivity contribution is 0.112. The lowest BCUT2D eigenvalue weighted by atomic mass is 10.1. The monoisotopic (exact) mass is 255 g/mol. The topological polar surface area (TPSA) is 50.1 Å². The van der Waals surface area contributed by atoms with Crippen LogP contribution >= 0.6 is 0 Å². The smallest absolute Gasteiger partial charge is 0.165 e. The van der Waals surface area contributed by atoms with Crippen molar-refractivity contribution in [1.29, 1.82) is 5.26 Å². The molecule has 0 fully saturated rings. The Kier molecular flexibility index (Phi) is 3.89. The highest BCUT2D eigenvalue weighted by atomic mass is 19.1. The minimum Gasteiger partial charge on any atom is -0.486 e. The predicted octanol–water partition coefficient (Wildman–Crippen LogP) is 3.09. The number of hydrogen-bond acceptors (Lipinski definition) is 3. The van der Waals surface area contributed by atoms with Crippen molar-refractivity contribution < 1.29 is 13.9 Å². The number of rotatable bonds is 4. The molecule has 94 valence electrons. The second-order valence-corrected chi connectivity index (χ2v) is 3.87. The average molecular weight is 255 g/mol. The van der Waals surface area contributed by atoms with Crippen LogP contribution in [-0.2, 0) is 6.61 Å². The number of carbonyl (C=O) groups excluding carboxylic acids is 1. The van der Waals surface area contributed by atoms with Gasteiger partial charge in [-0.3, -0.25) is 4.79 Å². The van der Waals surface area contributed by atoms with Gasteiger partial charge in [0.2, 0.25) is 0 Å². The van der Waals surface area contributed by atoms with Crippen LogP contribution in [-0.4, -0.2) is 6.29 Å². The second kappa shape index (κ2) is 5.78. The third-order valence-corrected chi connectivity index (χ3v) is 2.61. The van der Waals surface area contributed by atoms with E-state index in [2.05, 4.69) is 0 Å². The molecule has 0 amide bonds. The first kappa shape index (κ1) is 12.8. The summed E-state index contributed by atoms with van der Waals surface area (Å²) < 4.78 is 18.9. The molecule has 0 spiro atoms. The zero-order valence-corrected chi connectivity index (χ0v) is 9.97. The fourth-order valence-corrected chi connectivity index (χ4v) is 1.62. The number of hydrogen-bond donors (Lipinski definition) is 0. The van der Waals surface area contributed by atoms with Crippen molar-refractivity contribution in [3.05, 3.63) is 65.0 Å². The zero-order valence-electron chi connectivity index (χ0n) is 9.97. The van der Waals surface area contributed by atoms with E-state index in [0.717, 1.165) is 6.07 Å². The van der Waals surface area contributed by atoms with Crippen molar-refractivity contribution >= 4 is 6.29 Å². The van der Waals surface area contributed by atoms with Crippen LogP contribution in [0.4, 0.5) is 4.39 Å². The van der Waals surface area contributed by atoms with Crippen LogP contribution in [0.15, 0.2) is 42.5 Å². The molecule has 2 aromatic carbocycles. The molecule has 0 aliphatic heterocycles. The molecule has 19 heavy (non-hydrogen) atoms. The van der Waals surface area contributed by atoms with Gasteiger partial charge in [-0.05, 0) is 24.3 Å². The van der Waals surface area contributed by atoms with E-state index in [1.54, 1.807) is 24.3 Å². The Balaban J connectivity index is 2.15. The highest BCUT2D eigenvalue weighted by Crippen LogP contribution is 2.19. The molecule has 0 saturated carbocycles. The standard InChI is InChI=1S/C15H10FNO2/c16-14-7-11(9-18)5-6-15(14)19-10-13-4-2-1-3-12(13)8-17/h1-7,9H,10H2. The summed E-state index contributed by atoms with van der Waals surface area (Å²) in [6.07, 6.45) is 0.567. The molecule has 0 heterocycles. The Bertz CT molecular complexity index is 647. The van der Waals surface area contributed by atoms with Crippen molar-refractivity contribution in [3.63, 3.8) is 0 Å². The first-order valence-electron chi connectivity index (χ1n) is 5.60. The molecule has 0 bridgehead atoms. The van der Waals surface area contributed by atoms with E-state index in [1.807, 2.05) is 6.07 Å². The van der Waals surface area contributed by atoms with E-state index in [1.165, 1.54) is 12.1 Å². The zero-order chi connectivity index (χ0) is 13.7. The summed E-state index contributed by atoms with van der Waals surface area (Å²) in [7, 11) is 0. The lowest BCUT2D eigenvalue weighted by Crippen LogP contribution is -2.00. The Morgan fingerprint density at radius 1 is 1.26 bits per heavy atom. The summed E-state index contributed by atoms with van der Waals surface area (Å²) >= 11 is 0. The van der Waals surface area contributed by atoms with Crippen molar-refractivity contribution in [2.75, 3.05) is 0 Å². The van der Waals surface area contributed by atoms with Gasteiger partial charge >= 0.3 is 0 Å². The maximum Gasteiger partial charge on any atom is 0.165 e. The summed E-state index contributed by atoms with van der Waals surface area (Å²) in [5.41, 5.74) is 1.43. The van der Waals surface area contributed by atoms with E-state index in [0.29, 0.717) is 17.4 Å². The first-order valence-corrected chi connectivity index (χ1v) is 5.60. The highest BCUT2D eigenvalue weighted by molar-refractivity contribution is 5.74. The summed E-state index contributed by atoms with van der Waals surface area (Å²) in [5, 5.41) is 8.92. The molecular weight excluding hydrogens is 245 g/mol. The fraction of sp³-hybridized carbons (Fsp3) is 0.0667. The van der Waals surface area contributed by atoms with Gasteiger partial charge in [0.15, 0.2) is 11.6 Å². The quantitative estimate of drug-likeness (QED) is 0.789. The van der Waals surface area contributed by atoms with E-state index in [-0.39, 0.29) is 17.9 Å². The van der Waals surface area contributed by atoms with Gasteiger partial charge in [-0.25, -0.2) is 4.39 Å². The summed E-state index contributed by atoms with van der Waals surface area (Å²) in [5.74, 6) is -0.544. The molecule has 2 aromatic rings. The summed E-state index contributed by atoms with van der Waals surface area (Å²) in [6, 6.07) is 13.0. The Morgan fingerprint density at radius 3 is 2.74 bits per heavy atom. The number of halogens is 1. The van der Waals surface area contributed by atoms with E-state index < -0.39 is 5.82 Å². The van der Waals surface area contributed by atoms with Crippen LogP contribution < -0.4 is 4.74 Å². The molecular formula is C15H10FNO2. The number of benzene rings is 2. The maximum absolute atomic E-state index is 13.6. The van der Waals surface area contributed by atoms with E-state index >= 15 is 0 Å². The molecule has 0 aromatic heterocycles. The summed E-state index contributed by atoms with van der Waals surface area (Å²) in [4.78, 5) is 10.5. The normalized spacial score (nSPS) is 9.68. The van der Waals surface area contributed by atoms with Gasteiger partial charge in [0.1, 0.15) is 12.9 Å². The third kappa shape index (κ3) is 2.96. The molecule has 0 atom stereocenters. The van der Waals surface area contributed by atoms with Crippen molar-refractivity contribution in [3.8, 4) is 11.8 Å². The largest absolute Gasteiger partial charge is 0.486 e. The van der Waals surface area contributed by atoms with Crippen LogP contribution in [0.1, 0.15) is 21.5 Å². The molecule has 0 saturated heterocycles. The van der Waals surface area contributed by atoms with Crippen LogP contribution in [0.2, 0.25) is 0 Å². The lowest BCUT2D eigenvalue weighted by Gasteiger charge is -2.08. The van der Waals surface area contributed by atoms with Gasteiger partial charge in [-0.15, -0.1) is 0 Å². The number of nitriles is 1. The Morgan fingerprint density at radius 2 is 2.05 bits per heavy atom.